The lowest BCUT2D eigenvalue weighted by Crippen LogP contribution is -2.18. The normalized spacial score (nSPS) is 10.7. The van der Waals surface area contributed by atoms with Crippen molar-refractivity contribution in [3.8, 4) is 0 Å². The number of fused-ring (bicyclic) bond motifs is 1. The lowest BCUT2D eigenvalue weighted by atomic mass is 10.3. The predicted molar refractivity (Wildman–Crippen MR) is 71.5 cm³/mol. The van der Waals surface area contributed by atoms with Gasteiger partial charge in [-0.2, -0.15) is 0 Å². The fraction of sp³-hybridized carbons (Fsp3) is 0.333. The number of hydrogen-bond donors (Lipinski definition) is 2. The average molecular weight is 249 g/mol. The summed E-state index contributed by atoms with van der Waals surface area (Å²) in [4.78, 5) is 15.9. The minimum atomic E-state index is 0.0277. The molecule has 1 aromatic heterocycles. The number of hydrogen-bond acceptors (Lipinski definition) is 4. The molecule has 2 rings (SSSR count). The Hall–Kier alpha value is -1.46. The third-order valence-corrected chi connectivity index (χ3v) is 3.31. The van der Waals surface area contributed by atoms with E-state index >= 15 is 0 Å². The standard InChI is InChI=1S/C12H15N3OS/c1-8-14-10-4-3-9(7-11(10)17-8)15-12(16)5-6-13-2/h3-4,7,13H,5-6H2,1-2H3,(H,15,16). The topological polar surface area (TPSA) is 54.0 Å². The number of nitrogens with zero attached hydrogens (tertiary/aromatic N) is 1. The van der Waals surface area contributed by atoms with Crippen LogP contribution in [-0.2, 0) is 4.79 Å². The molecule has 0 bridgehead atoms. The number of nitrogens with one attached hydrogen (secondary N) is 2. The minimum absolute atomic E-state index is 0.0277. The zero-order chi connectivity index (χ0) is 12.3. The molecule has 1 aromatic carbocycles. The lowest BCUT2D eigenvalue weighted by molar-refractivity contribution is -0.116. The summed E-state index contributed by atoms with van der Waals surface area (Å²) in [5, 5.41) is 6.87. The van der Waals surface area contributed by atoms with Gasteiger partial charge in [0.15, 0.2) is 0 Å². The number of rotatable bonds is 4. The van der Waals surface area contributed by atoms with Crippen molar-refractivity contribution in [3.05, 3.63) is 23.2 Å². The Labute approximate surface area is 104 Å². The summed E-state index contributed by atoms with van der Waals surface area (Å²) >= 11 is 1.64. The molecule has 17 heavy (non-hydrogen) atoms. The molecule has 0 aliphatic heterocycles. The molecule has 1 heterocycles. The molecule has 2 aromatic rings. The average Bonchev–Trinajstić information content (AvgIpc) is 2.65. The van der Waals surface area contributed by atoms with Gasteiger partial charge in [-0.05, 0) is 32.2 Å². The van der Waals surface area contributed by atoms with Crippen LogP contribution in [0.15, 0.2) is 18.2 Å². The van der Waals surface area contributed by atoms with Crippen LogP contribution in [0.5, 0.6) is 0 Å². The van der Waals surface area contributed by atoms with Crippen molar-refractivity contribution in [1.82, 2.24) is 10.3 Å². The number of aromatic nitrogens is 1. The highest BCUT2D eigenvalue weighted by Gasteiger charge is 2.04. The van der Waals surface area contributed by atoms with E-state index in [0.29, 0.717) is 13.0 Å². The van der Waals surface area contributed by atoms with Crippen LogP contribution >= 0.6 is 11.3 Å². The van der Waals surface area contributed by atoms with Crippen LogP contribution in [-0.4, -0.2) is 24.5 Å². The van der Waals surface area contributed by atoms with E-state index in [1.807, 2.05) is 32.2 Å². The van der Waals surface area contributed by atoms with Crippen molar-refractivity contribution in [2.75, 3.05) is 18.9 Å². The van der Waals surface area contributed by atoms with Gasteiger partial charge in [0.2, 0.25) is 5.91 Å². The van der Waals surface area contributed by atoms with E-state index in [1.54, 1.807) is 11.3 Å². The summed E-state index contributed by atoms with van der Waals surface area (Å²) in [5.41, 5.74) is 1.82. The summed E-state index contributed by atoms with van der Waals surface area (Å²) in [6.07, 6.45) is 0.482. The number of aryl methyl sites for hydroxylation is 1. The van der Waals surface area contributed by atoms with Gasteiger partial charge in [0.1, 0.15) is 0 Å². The number of carbonyl (C=O) groups excluding carboxylic acids is 1. The molecule has 0 saturated heterocycles. The molecule has 4 nitrogen and oxygen atoms in total. The van der Waals surface area contributed by atoms with Gasteiger partial charge >= 0.3 is 0 Å². The zero-order valence-corrected chi connectivity index (χ0v) is 10.7. The summed E-state index contributed by atoms with van der Waals surface area (Å²) in [5.74, 6) is 0.0277. The first kappa shape index (κ1) is 12.0. The first-order chi connectivity index (χ1) is 8.19. The van der Waals surface area contributed by atoms with Crippen LogP contribution in [0.1, 0.15) is 11.4 Å². The van der Waals surface area contributed by atoms with Crippen molar-refractivity contribution >= 4 is 33.1 Å². The van der Waals surface area contributed by atoms with Crippen molar-refractivity contribution in [2.45, 2.75) is 13.3 Å². The van der Waals surface area contributed by atoms with Crippen LogP contribution in [0.25, 0.3) is 10.2 Å². The molecule has 0 atom stereocenters. The predicted octanol–water partition coefficient (Wildman–Crippen LogP) is 2.15. The van der Waals surface area contributed by atoms with Gasteiger partial charge in [0.25, 0.3) is 0 Å². The van der Waals surface area contributed by atoms with Gasteiger partial charge < -0.3 is 10.6 Å². The van der Waals surface area contributed by atoms with Gasteiger partial charge in [0.05, 0.1) is 15.2 Å². The van der Waals surface area contributed by atoms with Gasteiger partial charge in [-0.25, -0.2) is 4.98 Å². The highest BCUT2D eigenvalue weighted by atomic mass is 32.1. The van der Waals surface area contributed by atoms with E-state index in [-0.39, 0.29) is 5.91 Å². The van der Waals surface area contributed by atoms with Gasteiger partial charge in [-0.1, -0.05) is 0 Å². The number of benzene rings is 1. The Morgan fingerprint density at radius 3 is 3.06 bits per heavy atom. The maximum atomic E-state index is 11.5. The quantitative estimate of drug-likeness (QED) is 0.873. The van der Waals surface area contributed by atoms with Crippen molar-refractivity contribution in [2.24, 2.45) is 0 Å². The van der Waals surface area contributed by atoms with Crippen LogP contribution in [0.3, 0.4) is 0 Å². The Morgan fingerprint density at radius 2 is 2.29 bits per heavy atom. The molecule has 0 unspecified atom stereocenters. The Kier molecular flexibility index (Phi) is 3.71. The fourth-order valence-corrected chi connectivity index (χ4v) is 2.45. The molecule has 5 heteroatoms. The molecule has 0 aliphatic carbocycles. The number of carbonyl (C=O) groups is 1. The molecule has 0 fully saturated rings. The van der Waals surface area contributed by atoms with E-state index in [2.05, 4.69) is 15.6 Å². The first-order valence-electron chi connectivity index (χ1n) is 5.50. The molecule has 0 aliphatic rings. The number of anilines is 1. The lowest BCUT2D eigenvalue weighted by Gasteiger charge is -2.04. The van der Waals surface area contributed by atoms with E-state index in [0.717, 1.165) is 20.9 Å². The molecule has 0 radical (unpaired) electrons. The monoisotopic (exact) mass is 249 g/mol. The highest BCUT2D eigenvalue weighted by molar-refractivity contribution is 7.18. The Bertz CT molecular complexity index is 536. The molecular weight excluding hydrogens is 234 g/mol. The zero-order valence-electron chi connectivity index (χ0n) is 9.91. The van der Waals surface area contributed by atoms with Crippen LogP contribution < -0.4 is 10.6 Å². The largest absolute Gasteiger partial charge is 0.326 e. The molecule has 0 spiro atoms. The summed E-state index contributed by atoms with van der Waals surface area (Å²) in [7, 11) is 1.83. The van der Waals surface area contributed by atoms with E-state index in [1.165, 1.54) is 0 Å². The Balaban J connectivity index is 2.10. The molecule has 1 amide bonds. The van der Waals surface area contributed by atoms with Crippen LogP contribution in [0.4, 0.5) is 5.69 Å². The summed E-state index contributed by atoms with van der Waals surface area (Å²) < 4.78 is 1.11. The smallest absolute Gasteiger partial charge is 0.225 e. The second-order valence-corrected chi connectivity index (χ2v) is 5.05. The maximum absolute atomic E-state index is 11.5. The minimum Gasteiger partial charge on any atom is -0.326 e. The fourth-order valence-electron chi connectivity index (χ4n) is 1.58. The van der Waals surface area contributed by atoms with E-state index < -0.39 is 0 Å². The summed E-state index contributed by atoms with van der Waals surface area (Å²) in [6.45, 7) is 2.67. The second-order valence-electron chi connectivity index (χ2n) is 3.82. The van der Waals surface area contributed by atoms with Crippen molar-refractivity contribution < 1.29 is 4.79 Å². The maximum Gasteiger partial charge on any atom is 0.225 e. The van der Waals surface area contributed by atoms with Crippen molar-refractivity contribution in [1.29, 1.82) is 0 Å². The van der Waals surface area contributed by atoms with E-state index in [4.69, 9.17) is 0 Å². The van der Waals surface area contributed by atoms with Gasteiger partial charge in [0, 0.05) is 18.7 Å². The van der Waals surface area contributed by atoms with E-state index in [9.17, 15) is 4.79 Å². The van der Waals surface area contributed by atoms with Gasteiger partial charge in [-0.15, -0.1) is 11.3 Å². The number of thiazole rings is 1. The van der Waals surface area contributed by atoms with Gasteiger partial charge in [-0.3, -0.25) is 4.79 Å². The molecule has 0 saturated carbocycles. The molecule has 90 valence electrons. The van der Waals surface area contributed by atoms with Crippen LogP contribution in [0.2, 0.25) is 0 Å². The third-order valence-electron chi connectivity index (χ3n) is 2.38. The molecular formula is C12H15N3OS. The first-order valence-corrected chi connectivity index (χ1v) is 6.32. The Morgan fingerprint density at radius 1 is 1.47 bits per heavy atom. The molecule has 2 N–H and O–H groups in total. The summed E-state index contributed by atoms with van der Waals surface area (Å²) in [6, 6.07) is 5.79. The number of amides is 1. The SMILES string of the molecule is CNCCC(=O)Nc1ccc2nc(C)sc2c1. The second kappa shape index (κ2) is 5.25. The van der Waals surface area contributed by atoms with Crippen molar-refractivity contribution in [3.63, 3.8) is 0 Å². The van der Waals surface area contributed by atoms with Crippen LogP contribution in [0, 0.1) is 6.92 Å². The third kappa shape index (κ3) is 3.01. The highest BCUT2D eigenvalue weighted by Crippen LogP contribution is 2.24.